The molecule has 0 aliphatic heterocycles. The second-order valence-electron chi connectivity index (χ2n) is 9.72. The molecule has 1 saturated carbocycles. The second kappa shape index (κ2) is 13.4. The van der Waals surface area contributed by atoms with E-state index in [-0.39, 0.29) is 24.3 Å². The van der Waals surface area contributed by atoms with Gasteiger partial charge in [-0.2, -0.15) is 0 Å². The fraction of sp³-hybridized carbons (Fsp3) is 0.355. The monoisotopic (exact) mass is 562 g/mol. The number of carbonyl (C=O) groups excluding carboxylic acids is 2. The lowest BCUT2D eigenvalue weighted by molar-refractivity contribution is -0.141. The van der Waals surface area contributed by atoms with E-state index >= 15 is 0 Å². The van der Waals surface area contributed by atoms with Gasteiger partial charge in [0.2, 0.25) is 11.8 Å². The summed E-state index contributed by atoms with van der Waals surface area (Å²) in [5, 5.41) is 3.29. The Hall–Kier alpha value is -3.12. The zero-order valence-corrected chi connectivity index (χ0v) is 23.0. The highest BCUT2D eigenvalue weighted by molar-refractivity contribution is 9.10. The smallest absolute Gasteiger partial charge is 0.243 e. The molecule has 1 aliphatic carbocycles. The Morgan fingerprint density at radius 3 is 2.19 bits per heavy atom. The van der Waals surface area contributed by atoms with Gasteiger partial charge in [-0.05, 0) is 53.8 Å². The summed E-state index contributed by atoms with van der Waals surface area (Å²) < 4.78 is 6.24. The van der Waals surface area contributed by atoms with Crippen molar-refractivity contribution in [3.8, 4) is 5.75 Å². The predicted molar refractivity (Wildman–Crippen MR) is 150 cm³/mol. The summed E-state index contributed by atoms with van der Waals surface area (Å²) in [6.07, 6.45) is 6.15. The number of rotatable bonds is 10. The Balaban J connectivity index is 1.63. The normalized spacial score (nSPS) is 14.5. The van der Waals surface area contributed by atoms with Crippen molar-refractivity contribution in [3.63, 3.8) is 0 Å². The molecule has 3 aromatic carbocycles. The Labute approximate surface area is 228 Å². The molecule has 4 rings (SSSR count). The number of carbonyl (C=O) groups is 2. The summed E-state index contributed by atoms with van der Waals surface area (Å²) in [5.74, 6) is 0.598. The molecule has 1 fully saturated rings. The Kier molecular flexibility index (Phi) is 9.78. The van der Waals surface area contributed by atoms with Crippen LogP contribution < -0.4 is 10.1 Å². The van der Waals surface area contributed by atoms with Gasteiger partial charge in [0, 0.05) is 23.5 Å². The number of halogens is 1. The molecule has 5 nitrogen and oxygen atoms in total. The molecule has 0 saturated heterocycles. The number of nitrogens with one attached hydrogen (secondary N) is 1. The molecule has 194 valence electrons. The number of nitrogens with zero attached hydrogens (tertiary/aromatic N) is 1. The topological polar surface area (TPSA) is 58.6 Å². The number of benzene rings is 3. The van der Waals surface area contributed by atoms with Gasteiger partial charge in [0.25, 0.3) is 0 Å². The van der Waals surface area contributed by atoms with Crippen molar-refractivity contribution in [1.82, 2.24) is 10.2 Å². The summed E-state index contributed by atoms with van der Waals surface area (Å²) in [5.41, 5.74) is 2.90. The van der Waals surface area contributed by atoms with Gasteiger partial charge in [0.15, 0.2) is 0 Å². The van der Waals surface area contributed by atoms with Crippen molar-refractivity contribution in [2.45, 2.75) is 63.6 Å². The number of hydrogen-bond donors (Lipinski definition) is 1. The van der Waals surface area contributed by atoms with E-state index in [4.69, 9.17) is 4.74 Å². The van der Waals surface area contributed by atoms with Gasteiger partial charge >= 0.3 is 0 Å². The summed E-state index contributed by atoms with van der Waals surface area (Å²) in [4.78, 5) is 29.4. The van der Waals surface area contributed by atoms with E-state index in [2.05, 4.69) is 21.2 Å². The zero-order chi connectivity index (χ0) is 26.0. The summed E-state index contributed by atoms with van der Waals surface area (Å²) in [6.45, 7) is 0.359. The van der Waals surface area contributed by atoms with Crippen molar-refractivity contribution in [2.75, 3.05) is 7.11 Å². The molecular weight excluding hydrogens is 528 g/mol. The molecule has 1 N–H and O–H groups in total. The van der Waals surface area contributed by atoms with Crippen LogP contribution >= 0.6 is 15.9 Å². The van der Waals surface area contributed by atoms with Gasteiger partial charge in [-0.3, -0.25) is 9.59 Å². The third kappa shape index (κ3) is 7.93. The Bertz CT molecular complexity index is 1140. The summed E-state index contributed by atoms with van der Waals surface area (Å²) in [6, 6.07) is 25.0. The van der Waals surface area contributed by atoms with Crippen molar-refractivity contribution >= 4 is 27.7 Å². The van der Waals surface area contributed by atoms with E-state index in [1.165, 1.54) is 6.42 Å². The fourth-order valence-electron chi connectivity index (χ4n) is 4.90. The molecule has 3 aromatic rings. The minimum absolute atomic E-state index is 0.0732. The largest absolute Gasteiger partial charge is 0.497 e. The average Bonchev–Trinajstić information content (AvgIpc) is 2.93. The minimum atomic E-state index is -0.612. The lowest BCUT2D eigenvalue weighted by Gasteiger charge is -2.33. The van der Waals surface area contributed by atoms with E-state index in [1.54, 1.807) is 12.0 Å². The molecule has 6 heteroatoms. The average molecular weight is 564 g/mol. The number of amides is 2. The van der Waals surface area contributed by atoms with Crippen LogP contribution in [0.2, 0.25) is 0 Å². The fourth-order valence-corrected chi connectivity index (χ4v) is 5.17. The van der Waals surface area contributed by atoms with E-state index in [9.17, 15) is 9.59 Å². The van der Waals surface area contributed by atoms with Crippen LogP contribution in [0.5, 0.6) is 5.75 Å². The molecule has 0 radical (unpaired) electrons. The van der Waals surface area contributed by atoms with Gasteiger partial charge in [-0.15, -0.1) is 0 Å². The number of methoxy groups -OCH3 is 1. The number of ether oxygens (including phenoxy) is 1. The van der Waals surface area contributed by atoms with E-state index in [0.29, 0.717) is 13.0 Å². The van der Waals surface area contributed by atoms with Gasteiger partial charge in [-0.25, -0.2) is 0 Å². The first kappa shape index (κ1) is 26.9. The maximum Gasteiger partial charge on any atom is 0.243 e. The molecule has 1 aliphatic rings. The van der Waals surface area contributed by atoms with Gasteiger partial charge < -0.3 is 15.0 Å². The Morgan fingerprint density at radius 2 is 1.54 bits per heavy atom. The number of hydrogen-bond acceptors (Lipinski definition) is 3. The lowest BCUT2D eigenvalue weighted by Crippen LogP contribution is -2.53. The SMILES string of the molecule is COc1ccc(CC(=O)N(Cc2ccc(Br)cc2)C(Cc2ccccc2)C(=O)NC2CCCCC2)cc1. The highest BCUT2D eigenvalue weighted by atomic mass is 79.9. The third-order valence-electron chi connectivity index (χ3n) is 7.00. The van der Waals surface area contributed by atoms with Crippen molar-refractivity contribution in [3.05, 3.63) is 100 Å². The van der Waals surface area contributed by atoms with Gasteiger partial charge in [-0.1, -0.05) is 89.8 Å². The first-order chi connectivity index (χ1) is 18.0. The van der Waals surface area contributed by atoms with Crippen molar-refractivity contribution < 1.29 is 14.3 Å². The minimum Gasteiger partial charge on any atom is -0.497 e. The van der Waals surface area contributed by atoms with Crippen LogP contribution in [-0.2, 0) is 29.0 Å². The molecule has 0 heterocycles. The lowest BCUT2D eigenvalue weighted by atomic mass is 9.94. The van der Waals surface area contributed by atoms with Crippen LogP contribution in [0, 0.1) is 0 Å². The summed E-state index contributed by atoms with van der Waals surface area (Å²) in [7, 11) is 1.62. The predicted octanol–water partition coefficient (Wildman–Crippen LogP) is 6.09. The van der Waals surface area contributed by atoms with E-state index in [0.717, 1.165) is 52.6 Å². The maximum absolute atomic E-state index is 13.9. The summed E-state index contributed by atoms with van der Waals surface area (Å²) >= 11 is 3.49. The van der Waals surface area contributed by atoms with Gasteiger partial charge in [0.1, 0.15) is 11.8 Å². The standard InChI is InChI=1S/C31H35BrN2O3/c1-37-28-18-14-24(15-19-28)21-30(35)34(22-25-12-16-26(32)17-13-25)29(20-23-8-4-2-5-9-23)31(36)33-27-10-6-3-7-11-27/h2,4-5,8-9,12-19,27,29H,3,6-7,10-11,20-22H2,1H3,(H,33,36). The van der Waals surface area contributed by atoms with Crippen LogP contribution in [0.3, 0.4) is 0 Å². The highest BCUT2D eigenvalue weighted by Gasteiger charge is 2.32. The van der Waals surface area contributed by atoms with Crippen LogP contribution in [0.4, 0.5) is 0 Å². The van der Waals surface area contributed by atoms with Gasteiger partial charge in [0.05, 0.1) is 13.5 Å². The molecule has 1 unspecified atom stereocenters. The van der Waals surface area contributed by atoms with Crippen LogP contribution in [-0.4, -0.2) is 35.9 Å². The third-order valence-corrected chi connectivity index (χ3v) is 7.53. The van der Waals surface area contributed by atoms with E-state index in [1.807, 2.05) is 78.9 Å². The van der Waals surface area contributed by atoms with Crippen LogP contribution in [0.15, 0.2) is 83.3 Å². The zero-order valence-electron chi connectivity index (χ0n) is 21.4. The Morgan fingerprint density at radius 1 is 0.892 bits per heavy atom. The van der Waals surface area contributed by atoms with Crippen LogP contribution in [0.1, 0.15) is 48.8 Å². The molecule has 37 heavy (non-hydrogen) atoms. The quantitative estimate of drug-likeness (QED) is 0.325. The van der Waals surface area contributed by atoms with Crippen molar-refractivity contribution in [1.29, 1.82) is 0 Å². The first-order valence-electron chi connectivity index (χ1n) is 13.0. The second-order valence-corrected chi connectivity index (χ2v) is 10.6. The molecule has 2 amide bonds. The molecule has 0 spiro atoms. The first-order valence-corrected chi connectivity index (χ1v) is 13.8. The molecule has 1 atom stereocenters. The maximum atomic E-state index is 13.9. The van der Waals surface area contributed by atoms with Crippen molar-refractivity contribution in [2.24, 2.45) is 0 Å². The van der Waals surface area contributed by atoms with Crippen LogP contribution in [0.25, 0.3) is 0 Å². The molecule has 0 aromatic heterocycles. The highest BCUT2D eigenvalue weighted by Crippen LogP contribution is 2.21. The molecular formula is C31H35BrN2O3. The van der Waals surface area contributed by atoms with E-state index < -0.39 is 6.04 Å². The molecule has 0 bridgehead atoms.